The molecule has 1 aromatic heterocycles. The number of aromatic hydroxyl groups is 1. The van der Waals surface area contributed by atoms with Crippen molar-refractivity contribution in [2.75, 3.05) is 0 Å². The molecule has 0 aliphatic carbocycles. The molecule has 4 rings (SSSR count). The van der Waals surface area contributed by atoms with Gasteiger partial charge in [0.05, 0.1) is 23.7 Å². The van der Waals surface area contributed by atoms with Gasteiger partial charge in [-0.25, -0.2) is 4.99 Å². The number of phenolic OH excluding ortho intramolecular Hbond substituents is 1. The first-order chi connectivity index (χ1) is 18.7. The highest BCUT2D eigenvalue weighted by Gasteiger charge is 2.28. The number of carbonyl (C=O) groups excluding carboxylic acids is 1. The number of Topliss-reactive ketones (excluding diaryl/α,β-unsaturated/α-hetero) is 1. The summed E-state index contributed by atoms with van der Waals surface area (Å²) in [5.74, 6) is 0.116. The largest absolute Gasteiger partial charge is 0.507 e. The van der Waals surface area contributed by atoms with Crippen LogP contribution in [0.1, 0.15) is 68.6 Å². The number of nitrogens with zero attached hydrogens (tertiary/aromatic N) is 4. The number of nitro groups is 1. The molecule has 4 aromatic rings. The van der Waals surface area contributed by atoms with Gasteiger partial charge in [0.25, 0.3) is 5.69 Å². The average Bonchev–Trinajstić information content (AvgIpc) is 3.23. The van der Waals surface area contributed by atoms with E-state index in [4.69, 9.17) is 4.99 Å². The van der Waals surface area contributed by atoms with Crippen LogP contribution in [0.25, 0.3) is 0 Å². The summed E-state index contributed by atoms with van der Waals surface area (Å²) in [5.41, 5.74) is 3.39. The second kappa shape index (κ2) is 11.0. The first-order valence-electron chi connectivity index (χ1n) is 13.2. The van der Waals surface area contributed by atoms with E-state index in [9.17, 15) is 20.0 Å². The van der Waals surface area contributed by atoms with Crippen LogP contribution in [-0.4, -0.2) is 24.9 Å². The number of hydrogen-bond donors (Lipinski definition) is 1. The lowest BCUT2D eigenvalue weighted by molar-refractivity contribution is -0.384. The van der Waals surface area contributed by atoms with Crippen LogP contribution in [0.2, 0.25) is 0 Å². The first-order valence-corrected chi connectivity index (χ1v) is 13.2. The van der Waals surface area contributed by atoms with E-state index in [1.165, 1.54) is 12.1 Å². The van der Waals surface area contributed by atoms with Gasteiger partial charge < -0.3 is 14.2 Å². The number of rotatable bonds is 7. The SMILES string of the molecule is CC(C)(C)c1cc(C(=O)Cn2ccn(Cc3ccccc3)/c2=N\c2ccc([N+](=O)[O-])cc2)cc(C(C)(C)C)c1O. The lowest BCUT2D eigenvalue weighted by Crippen LogP contribution is -2.29. The predicted octanol–water partition coefficient (Wildman–Crippen LogP) is 6.66. The fourth-order valence-electron chi connectivity index (χ4n) is 4.56. The molecule has 0 saturated heterocycles. The monoisotopic (exact) mass is 540 g/mol. The quantitative estimate of drug-likeness (QED) is 0.161. The molecule has 0 fully saturated rings. The Morgan fingerprint density at radius 1 is 0.875 bits per heavy atom. The molecule has 0 spiro atoms. The molecule has 8 heteroatoms. The Bertz CT molecular complexity index is 1560. The van der Waals surface area contributed by atoms with Crippen molar-refractivity contribution in [3.63, 3.8) is 0 Å². The highest BCUT2D eigenvalue weighted by atomic mass is 16.6. The van der Waals surface area contributed by atoms with Crippen LogP contribution in [0.4, 0.5) is 11.4 Å². The molecule has 1 N–H and O–H groups in total. The van der Waals surface area contributed by atoms with E-state index in [0.29, 0.717) is 23.4 Å². The molecule has 0 amide bonds. The normalized spacial score (nSPS) is 12.5. The van der Waals surface area contributed by atoms with E-state index < -0.39 is 4.92 Å². The lowest BCUT2D eigenvalue weighted by atomic mass is 9.78. The Balaban J connectivity index is 1.79. The molecular weight excluding hydrogens is 504 g/mol. The summed E-state index contributed by atoms with van der Waals surface area (Å²) in [6.45, 7) is 12.7. The van der Waals surface area contributed by atoms with Crippen LogP contribution < -0.4 is 5.62 Å². The summed E-state index contributed by atoms with van der Waals surface area (Å²) in [6.07, 6.45) is 3.70. The van der Waals surface area contributed by atoms with E-state index in [-0.39, 0.29) is 34.6 Å². The van der Waals surface area contributed by atoms with Crippen LogP contribution in [-0.2, 0) is 23.9 Å². The van der Waals surface area contributed by atoms with Gasteiger partial charge >= 0.3 is 0 Å². The van der Waals surface area contributed by atoms with Gasteiger partial charge in [-0.1, -0.05) is 71.9 Å². The second-order valence-corrected chi connectivity index (χ2v) is 12.1. The van der Waals surface area contributed by atoms with Crippen molar-refractivity contribution < 1.29 is 14.8 Å². The van der Waals surface area contributed by atoms with Crippen molar-refractivity contribution in [1.82, 2.24) is 9.13 Å². The summed E-state index contributed by atoms with van der Waals surface area (Å²) in [5, 5.41) is 22.2. The molecule has 0 bridgehead atoms. The van der Waals surface area contributed by atoms with E-state index in [2.05, 4.69) is 0 Å². The minimum atomic E-state index is -0.448. The van der Waals surface area contributed by atoms with E-state index in [0.717, 1.165) is 16.7 Å². The van der Waals surface area contributed by atoms with Gasteiger partial charge in [0.1, 0.15) is 5.75 Å². The van der Waals surface area contributed by atoms with Crippen LogP contribution in [0.3, 0.4) is 0 Å². The van der Waals surface area contributed by atoms with Gasteiger partial charge in [-0.2, -0.15) is 0 Å². The van der Waals surface area contributed by atoms with Crippen LogP contribution in [0.5, 0.6) is 5.75 Å². The molecular formula is C32H36N4O4. The molecule has 8 nitrogen and oxygen atoms in total. The molecule has 1 heterocycles. The third kappa shape index (κ3) is 6.39. The molecule has 0 atom stereocenters. The topological polar surface area (TPSA) is 103 Å². The maximum Gasteiger partial charge on any atom is 0.269 e. The Hall–Kier alpha value is -4.46. The van der Waals surface area contributed by atoms with Crippen molar-refractivity contribution in [2.45, 2.75) is 65.5 Å². The first kappa shape index (κ1) is 28.5. The van der Waals surface area contributed by atoms with Crippen LogP contribution >= 0.6 is 0 Å². The second-order valence-electron chi connectivity index (χ2n) is 12.1. The van der Waals surface area contributed by atoms with Crippen molar-refractivity contribution in [1.29, 1.82) is 0 Å². The molecule has 40 heavy (non-hydrogen) atoms. The Labute approximate surface area is 234 Å². The number of imidazole rings is 1. The summed E-state index contributed by atoms with van der Waals surface area (Å²) >= 11 is 0. The number of ketones is 1. The minimum absolute atomic E-state index is 0.0155. The van der Waals surface area contributed by atoms with Gasteiger partial charge in [-0.05, 0) is 40.7 Å². The highest BCUT2D eigenvalue weighted by molar-refractivity contribution is 5.96. The molecule has 0 unspecified atom stereocenters. The third-order valence-corrected chi connectivity index (χ3v) is 6.79. The van der Waals surface area contributed by atoms with Gasteiger partial charge in [0.15, 0.2) is 5.78 Å². The maximum absolute atomic E-state index is 13.7. The summed E-state index contributed by atoms with van der Waals surface area (Å²) in [4.78, 5) is 29.2. The molecule has 0 aliphatic heterocycles. The van der Waals surface area contributed by atoms with Crippen LogP contribution in [0.15, 0.2) is 84.1 Å². The molecule has 0 saturated carbocycles. The van der Waals surface area contributed by atoms with Crippen molar-refractivity contribution in [2.24, 2.45) is 4.99 Å². The Morgan fingerprint density at radius 2 is 1.43 bits per heavy atom. The zero-order chi connectivity index (χ0) is 29.2. The number of nitro benzene ring substituents is 1. The Morgan fingerprint density at radius 3 is 1.95 bits per heavy atom. The maximum atomic E-state index is 13.7. The van der Waals surface area contributed by atoms with E-state index in [1.807, 2.05) is 88.8 Å². The highest BCUT2D eigenvalue weighted by Crippen LogP contribution is 2.40. The predicted molar refractivity (Wildman–Crippen MR) is 156 cm³/mol. The van der Waals surface area contributed by atoms with Gasteiger partial charge in [0, 0.05) is 41.2 Å². The van der Waals surface area contributed by atoms with E-state index >= 15 is 0 Å². The van der Waals surface area contributed by atoms with Gasteiger partial charge in [0.2, 0.25) is 5.62 Å². The number of aromatic nitrogens is 2. The number of hydrogen-bond acceptors (Lipinski definition) is 5. The molecule has 0 aliphatic rings. The number of carbonyl (C=O) groups is 1. The van der Waals surface area contributed by atoms with Crippen molar-refractivity contribution in [3.05, 3.63) is 117 Å². The fourth-order valence-corrected chi connectivity index (χ4v) is 4.56. The zero-order valence-corrected chi connectivity index (χ0v) is 23.9. The molecule has 208 valence electrons. The van der Waals surface area contributed by atoms with Gasteiger partial charge in [-0.15, -0.1) is 0 Å². The van der Waals surface area contributed by atoms with Crippen molar-refractivity contribution >= 4 is 17.2 Å². The Kier molecular flexibility index (Phi) is 7.82. The molecule has 0 radical (unpaired) electrons. The summed E-state index contributed by atoms with van der Waals surface area (Å²) in [6, 6.07) is 19.5. The lowest BCUT2D eigenvalue weighted by Gasteiger charge is -2.28. The average molecular weight is 541 g/mol. The van der Waals surface area contributed by atoms with Gasteiger partial charge in [-0.3, -0.25) is 14.9 Å². The smallest absolute Gasteiger partial charge is 0.269 e. The summed E-state index contributed by atoms with van der Waals surface area (Å²) in [7, 11) is 0. The van der Waals surface area contributed by atoms with Crippen LogP contribution in [0, 0.1) is 10.1 Å². The standard InChI is InChI=1S/C32H36N4O4/c1-31(2,3)26-18-23(19-27(29(26)38)32(4,5)6)28(37)21-35-17-16-34(20-22-10-8-7-9-11-22)30(35)33-24-12-14-25(15-13-24)36(39)40/h7-19,38H,20-21H2,1-6H3/b33-30+. The van der Waals surface area contributed by atoms with Crippen molar-refractivity contribution in [3.8, 4) is 5.75 Å². The fraction of sp³-hybridized carbons (Fsp3) is 0.312. The molecule has 3 aromatic carbocycles. The third-order valence-electron chi connectivity index (χ3n) is 6.79. The minimum Gasteiger partial charge on any atom is -0.507 e. The number of phenols is 1. The number of non-ortho nitro benzene ring substituents is 1. The van der Waals surface area contributed by atoms with E-state index in [1.54, 1.807) is 28.8 Å². The number of benzene rings is 3. The summed E-state index contributed by atoms with van der Waals surface area (Å²) < 4.78 is 3.73. The zero-order valence-electron chi connectivity index (χ0n) is 23.9.